The molecule has 0 aliphatic carbocycles. The molecule has 1 aliphatic rings. The Bertz CT molecular complexity index is 488. The van der Waals surface area contributed by atoms with Crippen LogP contribution in [0.5, 0.6) is 5.75 Å². The summed E-state index contributed by atoms with van der Waals surface area (Å²) in [6.45, 7) is 0.890. The number of hydrogen-bond acceptors (Lipinski definition) is 4. The summed E-state index contributed by atoms with van der Waals surface area (Å²) in [5.41, 5.74) is 0.0339. The third-order valence-corrected chi connectivity index (χ3v) is 3.80. The van der Waals surface area contributed by atoms with Crippen LogP contribution in [0.4, 0.5) is 5.69 Å². The summed E-state index contributed by atoms with van der Waals surface area (Å²) >= 11 is 3.41. The van der Waals surface area contributed by atoms with Crippen LogP contribution in [0.2, 0.25) is 0 Å². The van der Waals surface area contributed by atoms with Crippen LogP contribution in [0.25, 0.3) is 0 Å². The number of methoxy groups -OCH3 is 1. The molecule has 1 heterocycles. The standard InChI is InChI=1S/C13H16BrNO4/c1-15(6-13(12(16)17)7-19-8-13)10-5-9(14)3-4-11(10)18-2/h3-5H,6-8H2,1-2H3,(H,16,17). The lowest BCUT2D eigenvalue weighted by Crippen LogP contribution is -2.55. The largest absolute Gasteiger partial charge is 0.495 e. The van der Waals surface area contributed by atoms with Crippen molar-refractivity contribution in [2.75, 3.05) is 38.8 Å². The molecule has 0 spiro atoms. The fourth-order valence-electron chi connectivity index (χ4n) is 2.13. The Morgan fingerprint density at radius 3 is 2.74 bits per heavy atom. The third kappa shape index (κ3) is 2.69. The number of halogens is 1. The smallest absolute Gasteiger partial charge is 0.316 e. The molecule has 0 saturated carbocycles. The predicted molar refractivity (Wildman–Crippen MR) is 74.9 cm³/mol. The van der Waals surface area contributed by atoms with Gasteiger partial charge in [-0.15, -0.1) is 0 Å². The van der Waals surface area contributed by atoms with E-state index in [-0.39, 0.29) is 13.2 Å². The maximum absolute atomic E-state index is 11.3. The first-order chi connectivity index (χ1) is 8.98. The van der Waals surface area contributed by atoms with Gasteiger partial charge in [-0.2, -0.15) is 0 Å². The van der Waals surface area contributed by atoms with Gasteiger partial charge in [0.15, 0.2) is 0 Å². The topological polar surface area (TPSA) is 59.0 Å². The number of carboxylic acids is 1. The quantitative estimate of drug-likeness (QED) is 0.895. The fraction of sp³-hybridized carbons (Fsp3) is 0.462. The van der Waals surface area contributed by atoms with Crippen molar-refractivity contribution in [3.8, 4) is 5.75 Å². The van der Waals surface area contributed by atoms with E-state index in [1.807, 2.05) is 30.1 Å². The molecule has 1 aromatic carbocycles. The molecule has 1 fully saturated rings. The molecule has 0 aromatic heterocycles. The molecule has 0 unspecified atom stereocenters. The minimum absolute atomic E-state index is 0.253. The zero-order valence-corrected chi connectivity index (χ0v) is 12.4. The molecule has 6 heteroatoms. The van der Waals surface area contributed by atoms with E-state index < -0.39 is 11.4 Å². The Kier molecular flexibility index (Phi) is 4.01. The Labute approximate surface area is 120 Å². The molecule has 1 aromatic rings. The lowest BCUT2D eigenvalue weighted by molar-refractivity contribution is -0.177. The van der Waals surface area contributed by atoms with Crippen LogP contribution in [-0.4, -0.2) is 45.0 Å². The van der Waals surface area contributed by atoms with Gasteiger partial charge in [-0.25, -0.2) is 0 Å². The molecule has 104 valence electrons. The zero-order chi connectivity index (χ0) is 14.0. The predicted octanol–water partition coefficient (Wildman–Crippen LogP) is 2.00. The van der Waals surface area contributed by atoms with Gasteiger partial charge in [0.1, 0.15) is 11.2 Å². The van der Waals surface area contributed by atoms with Gasteiger partial charge in [-0.3, -0.25) is 4.79 Å². The summed E-state index contributed by atoms with van der Waals surface area (Å²) in [6.07, 6.45) is 0. The summed E-state index contributed by atoms with van der Waals surface area (Å²) in [5, 5.41) is 9.31. The minimum atomic E-state index is -0.820. The average molecular weight is 330 g/mol. The number of carboxylic acid groups (broad SMARTS) is 1. The summed E-state index contributed by atoms with van der Waals surface area (Å²) in [4.78, 5) is 13.2. The van der Waals surface area contributed by atoms with Gasteiger partial charge in [0.2, 0.25) is 0 Å². The van der Waals surface area contributed by atoms with Crippen LogP contribution in [0.15, 0.2) is 22.7 Å². The minimum Gasteiger partial charge on any atom is -0.495 e. The van der Waals surface area contributed by atoms with E-state index >= 15 is 0 Å². The number of carbonyl (C=O) groups is 1. The molecular weight excluding hydrogens is 314 g/mol. The molecule has 0 atom stereocenters. The molecule has 2 rings (SSSR count). The second kappa shape index (κ2) is 5.38. The van der Waals surface area contributed by atoms with Gasteiger partial charge in [0.25, 0.3) is 0 Å². The number of benzene rings is 1. The van der Waals surface area contributed by atoms with Crippen LogP contribution >= 0.6 is 15.9 Å². The molecular formula is C13H16BrNO4. The Morgan fingerprint density at radius 2 is 2.26 bits per heavy atom. The second-order valence-electron chi connectivity index (χ2n) is 4.75. The third-order valence-electron chi connectivity index (χ3n) is 3.30. The second-order valence-corrected chi connectivity index (χ2v) is 5.67. The highest BCUT2D eigenvalue weighted by atomic mass is 79.9. The normalized spacial score (nSPS) is 16.6. The maximum Gasteiger partial charge on any atom is 0.316 e. The van der Waals surface area contributed by atoms with Crippen LogP contribution < -0.4 is 9.64 Å². The van der Waals surface area contributed by atoms with E-state index in [0.29, 0.717) is 12.3 Å². The summed E-state index contributed by atoms with van der Waals surface area (Å²) in [7, 11) is 3.45. The number of hydrogen-bond donors (Lipinski definition) is 1. The van der Waals surface area contributed by atoms with E-state index in [1.165, 1.54) is 0 Å². The van der Waals surface area contributed by atoms with Crippen LogP contribution in [0.3, 0.4) is 0 Å². The van der Waals surface area contributed by atoms with E-state index in [4.69, 9.17) is 9.47 Å². The van der Waals surface area contributed by atoms with Crippen molar-refractivity contribution < 1.29 is 19.4 Å². The van der Waals surface area contributed by atoms with E-state index in [1.54, 1.807) is 7.11 Å². The van der Waals surface area contributed by atoms with E-state index in [9.17, 15) is 9.90 Å². The van der Waals surface area contributed by atoms with Crippen molar-refractivity contribution >= 4 is 27.6 Å². The van der Waals surface area contributed by atoms with Gasteiger partial charge in [-0.1, -0.05) is 15.9 Å². The summed E-state index contributed by atoms with van der Waals surface area (Å²) in [5.74, 6) is -0.106. The number of anilines is 1. The molecule has 0 bridgehead atoms. The highest BCUT2D eigenvalue weighted by molar-refractivity contribution is 9.10. The molecule has 1 aliphatic heterocycles. The highest BCUT2D eigenvalue weighted by Gasteiger charge is 2.47. The van der Waals surface area contributed by atoms with Crippen LogP contribution in [-0.2, 0) is 9.53 Å². The molecule has 19 heavy (non-hydrogen) atoms. The lowest BCUT2D eigenvalue weighted by atomic mass is 9.85. The van der Waals surface area contributed by atoms with Gasteiger partial charge in [0.05, 0.1) is 26.0 Å². The summed E-state index contributed by atoms with van der Waals surface area (Å²) < 4.78 is 11.3. The lowest BCUT2D eigenvalue weighted by Gasteiger charge is -2.40. The molecule has 1 saturated heterocycles. The first-order valence-corrected chi connectivity index (χ1v) is 6.64. The number of nitrogens with zero attached hydrogens (tertiary/aromatic N) is 1. The van der Waals surface area contributed by atoms with Gasteiger partial charge >= 0.3 is 5.97 Å². The number of rotatable bonds is 5. The molecule has 0 amide bonds. The first-order valence-electron chi connectivity index (χ1n) is 5.84. The van der Waals surface area contributed by atoms with Crippen molar-refractivity contribution in [2.45, 2.75) is 0 Å². The first kappa shape index (κ1) is 14.1. The molecule has 5 nitrogen and oxygen atoms in total. The Balaban J connectivity index is 2.22. The molecule has 0 radical (unpaired) electrons. The van der Waals surface area contributed by atoms with Crippen molar-refractivity contribution in [3.05, 3.63) is 22.7 Å². The van der Waals surface area contributed by atoms with Gasteiger partial charge in [0, 0.05) is 18.1 Å². The highest BCUT2D eigenvalue weighted by Crippen LogP contribution is 2.35. The van der Waals surface area contributed by atoms with Gasteiger partial charge in [-0.05, 0) is 18.2 Å². The fourth-order valence-corrected chi connectivity index (χ4v) is 2.48. The van der Waals surface area contributed by atoms with Crippen LogP contribution in [0, 0.1) is 5.41 Å². The average Bonchev–Trinajstić information content (AvgIpc) is 2.33. The van der Waals surface area contributed by atoms with E-state index in [0.717, 1.165) is 10.2 Å². The van der Waals surface area contributed by atoms with E-state index in [2.05, 4.69) is 15.9 Å². The number of aliphatic carboxylic acids is 1. The Morgan fingerprint density at radius 1 is 1.58 bits per heavy atom. The van der Waals surface area contributed by atoms with Crippen molar-refractivity contribution in [1.29, 1.82) is 0 Å². The summed E-state index contributed by atoms with van der Waals surface area (Å²) in [6, 6.07) is 5.64. The maximum atomic E-state index is 11.3. The SMILES string of the molecule is COc1ccc(Br)cc1N(C)CC1(C(=O)O)COC1. The molecule has 1 N–H and O–H groups in total. The van der Waals surface area contributed by atoms with Crippen molar-refractivity contribution in [2.24, 2.45) is 5.41 Å². The van der Waals surface area contributed by atoms with Crippen molar-refractivity contribution in [3.63, 3.8) is 0 Å². The monoisotopic (exact) mass is 329 g/mol. The van der Waals surface area contributed by atoms with Crippen LogP contribution in [0.1, 0.15) is 0 Å². The Hall–Kier alpha value is -1.27. The number of ether oxygens (including phenoxy) is 2. The zero-order valence-electron chi connectivity index (χ0n) is 10.9. The van der Waals surface area contributed by atoms with Crippen molar-refractivity contribution in [1.82, 2.24) is 0 Å². The van der Waals surface area contributed by atoms with Gasteiger partial charge < -0.3 is 19.5 Å².